The van der Waals surface area contributed by atoms with Crippen molar-refractivity contribution >= 4 is 11.6 Å². The molecule has 1 atom stereocenters. The van der Waals surface area contributed by atoms with Crippen molar-refractivity contribution in [2.45, 2.75) is 59.5 Å². The lowest BCUT2D eigenvalue weighted by Crippen LogP contribution is -2.31. The Hall–Kier alpha value is -2.37. The minimum atomic E-state index is -0.0416. The number of hydrogen-bond acceptors (Lipinski definition) is 5. The van der Waals surface area contributed by atoms with Crippen LogP contribution in [0.4, 0.5) is 5.69 Å². The number of aromatic nitrogens is 2. The van der Waals surface area contributed by atoms with Gasteiger partial charge in [-0.15, -0.1) is 0 Å². The molecule has 24 heavy (non-hydrogen) atoms. The van der Waals surface area contributed by atoms with Crippen LogP contribution in [-0.4, -0.2) is 22.1 Å². The van der Waals surface area contributed by atoms with E-state index in [0.717, 1.165) is 36.3 Å². The largest absolute Gasteiger partial charge is 0.376 e. The molecular weight excluding hydrogens is 304 g/mol. The molecule has 130 valence electrons. The van der Waals surface area contributed by atoms with Crippen molar-refractivity contribution in [2.75, 3.05) is 5.32 Å². The minimum absolute atomic E-state index is 0.0416. The zero-order chi connectivity index (χ0) is 17.5. The maximum atomic E-state index is 12.2. The van der Waals surface area contributed by atoms with Gasteiger partial charge in [-0.05, 0) is 50.5 Å². The fourth-order valence-corrected chi connectivity index (χ4v) is 2.27. The molecule has 0 aliphatic heterocycles. The number of anilines is 1. The van der Waals surface area contributed by atoms with Crippen molar-refractivity contribution in [3.05, 3.63) is 41.0 Å². The molecule has 6 heteroatoms. The Bertz CT molecular complexity index is 681. The topological polar surface area (TPSA) is 80.0 Å². The van der Waals surface area contributed by atoms with Gasteiger partial charge in [-0.3, -0.25) is 4.79 Å². The summed E-state index contributed by atoms with van der Waals surface area (Å²) >= 11 is 0. The molecule has 1 aromatic heterocycles. The molecule has 0 unspecified atom stereocenters. The van der Waals surface area contributed by atoms with Crippen molar-refractivity contribution in [3.63, 3.8) is 0 Å². The van der Waals surface area contributed by atoms with E-state index in [1.807, 2.05) is 39.0 Å². The molecule has 0 fully saturated rings. The smallest absolute Gasteiger partial charge is 0.251 e. The lowest BCUT2D eigenvalue weighted by atomic mass is 10.1. The summed E-state index contributed by atoms with van der Waals surface area (Å²) in [4.78, 5) is 16.5. The number of carbonyl (C=O) groups is 1. The molecule has 2 N–H and O–H groups in total. The lowest BCUT2D eigenvalue weighted by Gasteiger charge is -2.13. The minimum Gasteiger partial charge on any atom is -0.376 e. The van der Waals surface area contributed by atoms with E-state index >= 15 is 0 Å². The molecule has 2 aromatic rings. The van der Waals surface area contributed by atoms with E-state index in [1.54, 1.807) is 0 Å². The van der Waals surface area contributed by atoms with E-state index in [0.29, 0.717) is 18.0 Å². The molecule has 0 saturated carbocycles. The van der Waals surface area contributed by atoms with Crippen LogP contribution in [0.25, 0.3) is 0 Å². The molecule has 1 aromatic carbocycles. The molecular formula is C18H26N4O2. The Labute approximate surface area is 143 Å². The third kappa shape index (κ3) is 4.81. The molecule has 0 radical (unpaired) electrons. The SMILES string of the molecule is CCCc1noc(CNc2ccc(C(=O)N[C@H](C)CC)cc2C)n1. The van der Waals surface area contributed by atoms with Gasteiger partial charge in [0.1, 0.15) is 0 Å². The molecule has 0 bridgehead atoms. The first kappa shape index (κ1) is 18.0. The van der Waals surface area contributed by atoms with Crippen LogP contribution in [0.1, 0.15) is 61.2 Å². The molecule has 0 aliphatic carbocycles. The summed E-state index contributed by atoms with van der Waals surface area (Å²) in [7, 11) is 0. The quantitative estimate of drug-likeness (QED) is 0.774. The van der Waals surface area contributed by atoms with Gasteiger partial charge in [-0.1, -0.05) is 19.0 Å². The van der Waals surface area contributed by atoms with Crippen molar-refractivity contribution in [3.8, 4) is 0 Å². The Kier molecular flexibility index (Phi) is 6.35. The Morgan fingerprint density at radius 1 is 1.33 bits per heavy atom. The van der Waals surface area contributed by atoms with Crippen LogP contribution in [0.5, 0.6) is 0 Å². The highest BCUT2D eigenvalue weighted by Crippen LogP contribution is 2.17. The molecule has 0 spiro atoms. The van der Waals surface area contributed by atoms with Gasteiger partial charge in [0.2, 0.25) is 5.89 Å². The number of hydrogen-bond donors (Lipinski definition) is 2. The van der Waals surface area contributed by atoms with Crippen LogP contribution in [-0.2, 0) is 13.0 Å². The third-order valence-electron chi connectivity index (χ3n) is 3.89. The first-order chi connectivity index (χ1) is 11.5. The summed E-state index contributed by atoms with van der Waals surface area (Å²) in [6, 6.07) is 5.79. The fraction of sp³-hybridized carbons (Fsp3) is 0.500. The number of nitrogens with zero attached hydrogens (tertiary/aromatic N) is 2. The van der Waals surface area contributed by atoms with E-state index in [9.17, 15) is 4.79 Å². The fourth-order valence-electron chi connectivity index (χ4n) is 2.27. The number of nitrogens with one attached hydrogen (secondary N) is 2. The van der Waals surface area contributed by atoms with Gasteiger partial charge in [-0.2, -0.15) is 4.98 Å². The summed E-state index contributed by atoms with van der Waals surface area (Å²) < 4.78 is 5.21. The zero-order valence-electron chi connectivity index (χ0n) is 14.8. The van der Waals surface area contributed by atoms with Gasteiger partial charge >= 0.3 is 0 Å². The van der Waals surface area contributed by atoms with E-state index in [-0.39, 0.29) is 11.9 Å². The molecule has 0 saturated heterocycles. The highest BCUT2D eigenvalue weighted by atomic mass is 16.5. The summed E-state index contributed by atoms with van der Waals surface area (Å²) in [5.41, 5.74) is 2.62. The number of benzene rings is 1. The van der Waals surface area contributed by atoms with Crippen LogP contribution < -0.4 is 10.6 Å². The maximum Gasteiger partial charge on any atom is 0.251 e. The van der Waals surface area contributed by atoms with Crippen molar-refractivity contribution in [2.24, 2.45) is 0 Å². The highest BCUT2D eigenvalue weighted by Gasteiger charge is 2.11. The Morgan fingerprint density at radius 2 is 2.12 bits per heavy atom. The summed E-state index contributed by atoms with van der Waals surface area (Å²) in [6.07, 6.45) is 2.72. The van der Waals surface area contributed by atoms with Gasteiger partial charge in [0.15, 0.2) is 5.82 Å². The van der Waals surface area contributed by atoms with Crippen molar-refractivity contribution in [1.82, 2.24) is 15.5 Å². The number of aryl methyl sites for hydroxylation is 2. The molecule has 6 nitrogen and oxygen atoms in total. The van der Waals surface area contributed by atoms with E-state index in [1.165, 1.54) is 0 Å². The predicted molar refractivity (Wildman–Crippen MR) is 94.0 cm³/mol. The van der Waals surface area contributed by atoms with Gasteiger partial charge < -0.3 is 15.2 Å². The average Bonchev–Trinajstić information content (AvgIpc) is 3.01. The van der Waals surface area contributed by atoms with Gasteiger partial charge in [0.25, 0.3) is 5.91 Å². The number of rotatable bonds is 8. The zero-order valence-corrected chi connectivity index (χ0v) is 14.8. The maximum absolute atomic E-state index is 12.2. The van der Waals surface area contributed by atoms with Crippen LogP contribution in [0.3, 0.4) is 0 Å². The van der Waals surface area contributed by atoms with Gasteiger partial charge in [0.05, 0.1) is 6.54 Å². The summed E-state index contributed by atoms with van der Waals surface area (Å²) in [5.74, 6) is 1.26. The molecule has 1 heterocycles. The lowest BCUT2D eigenvalue weighted by molar-refractivity contribution is 0.0939. The van der Waals surface area contributed by atoms with E-state index < -0.39 is 0 Å². The number of amides is 1. The van der Waals surface area contributed by atoms with Gasteiger partial charge in [-0.25, -0.2) is 0 Å². The molecule has 2 rings (SSSR count). The summed E-state index contributed by atoms with van der Waals surface area (Å²) in [5, 5.41) is 10.2. The second-order valence-corrected chi connectivity index (χ2v) is 6.02. The van der Waals surface area contributed by atoms with Crippen LogP contribution in [0.2, 0.25) is 0 Å². The number of carbonyl (C=O) groups excluding carboxylic acids is 1. The third-order valence-corrected chi connectivity index (χ3v) is 3.89. The van der Waals surface area contributed by atoms with Crippen LogP contribution in [0.15, 0.2) is 22.7 Å². The van der Waals surface area contributed by atoms with Crippen LogP contribution >= 0.6 is 0 Å². The first-order valence-corrected chi connectivity index (χ1v) is 8.50. The normalized spacial score (nSPS) is 12.0. The Balaban J connectivity index is 1.97. The monoisotopic (exact) mass is 330 g/mol. The second kappa shape index (κ2) is 8.47. The summed E-state index contributed by atoms with van der Waals surface area (Å²) in [6.45, 7) is 8.57. The van der Waals surface area contributed by atoms with Gasteiger partial charge in [0, 0.05) is 23.7 Å². The molecule has 0 aliphatic rings. The standard InChI is InChI=1S/C18H26N4O2/c1-5-7-16-21-17(24-22-16)11-19-15-9-8-14(10-12(15)3)18(23)20-13(4)6-2/h8-10,13,19H,5-7,11H2,1-4H3,(H,20,23)/t13-/m1/s1. The first-order valence-electron chi connectivity index (χ1n) is 8.50. The van der Waals surface area contributed by atoms with Crippen molar-refractivity contribution < 1.29 is 9.32 Å². The predicted octanol–water partition coefficient (Wildman–Crippen LogP) is 3.47. The highest BCUT2D eigenvalue weighted by molar-refractivity contribution is 5.95. The van der Waals surface area contributed by atoms with E-state index in [4.69, 9.17) is 4.52 Å². The van der Waals surface area contributed by atoms with Crippen molar-refractivity contribution in [1.29, 1.82) is 0 Å². The average molecular weight is 330 g/mol. The van der Waals surface area contributed by atoms with Crippen LogP contribution in [0, 0.1) is 6.92 Å². The van der Waals surface area contributed by atoms with E-state index in [2.05, 4.69) is 27.7 Å². The Morgan fingerprint density at radius 3 is 2.79 bits per heavy atom. The second-order valence-electron chi connectivity index (χ2n) is 6.02. The molecule has 1 amide bonds.